The van der Waals surface area contributed by atoms with Crippen LogP contribution in [0.2, 0.25) is 0 Å². The van der Waals surface area contributed by atoms with Crippen LogP contribution in [0.3, 0.4) is 0 Å². The SMILES string of the molecule is COc1c(N2CCOCC2)ccc2c1OC(c1ccccc1)(c1ccc(N3CCOCC3)cc1)C2. The number of ether oxygens (including phenoxy) is 4. The lowest BCUT2D eigenvalue weighted by Gasteiger charge is -2.33. The Balaban J connectivity index is 1.40. The number of nitrogens with zero attached hydrogens (tertiary/aromatic N) is 2. The van der Waals surface area contributed by atoms with Gasteiger partial charge in [-0.3, -0.25) is 0 Å². The topological polar surface area (TPSA) is 43.4 Å². The van der Waals surface area contributed by atoms with Gasteiger partial charge in [-0.15, -0.1) is 0 Å². The Bertz CT molecular complexity index is 1160. The van der Waals surface area contributed by atoms with E-state index in [-0.39, 0.29) is 0 Å². The number of hydrogen-bond donors (Lipinski definition) is 0. The summed E-state index contributed by atoms with van der Waals surface area (Å²) >= 11 is 0. The van der Waals surface area contributed by atoms with Crippen LogP contribution in [0.1, 0.15) is 16.7 Å². The van der Waals surface area contributed by atoms with Crippen molar-refractivity contribution in [1.82, 2.24) is 0 Å². The molecule has 0 radical (unpaired) electrons. The predicted molar refractivity (Wildman–Crippen MR) is 137 cm³/mol. The second-order valence-corrected chi connectivity index (χ2v) is 9.32. The summed E-state index contributed by atoms with van der Waals surface area (Å²) in [6.45, 7) is 6.55. The molecular formula is C29H32N2O4. The van der Waals surface area contributed by atoms with E-state index >= 15 is 0 Å². The van der Waals surface area contributed by atoms with Gasteiger partial charge in [0, 0.05) is 55.0 Å². The van der Waals surface area contributed by atoms with Crippen molar-refractivity contribution in [3.8, 4) is 11.5 Å². The Morgan fingerprint density at radius 1 is 0.714 bits per heavy atom. The van der Waals surface area contributed by atoms with Crippen molar-refractivity contribution in [2.24, 2.45) is 0 Å². The molecular weight excluding hydrogens is 440 g/mol. The molecule has 3 heterocycles. The van der Waals surface area contributed by atoms with Gasteiger partial charge in [-0.1, -0.05) is 48.5 Å². The van der Waals surface area contributed by atoms with E-state index in [2.05, 4.69) is 76.5 Å². The van der Waals surface area contributed by atoms with E-state index in [1.807, 2.05) is 0 Å². The lowest BCUT2D eigenvalue weighted by Crippen LogP contribution is -2.36. The van der Waals surface area contributed by atoms with Gasteiger partial charge in [0.05, 0.1) is 39.2 Å². The molecule has 2 fully saturated rings. The highest BCUT2D eigenvalue weighted by Crippen LogP contribution is 2.52. The van der Waals surface area contributed by atoms with Crippen molar-refractivity contribution in [2.45, 2.75) is 12.0 Å². The van der Waals surface area contributed by atoms with E-state index in [1.165, 1.54) is 11.3 Å². The number of morpholine rings is 2. The molecule has 3 aliphatic rings. The maximum absolute atomic E-state index is 6.99. The Labute approximate surface area is 207 Å². The Morgan fingerprint density at radius 3 is 2.00 bits per heavy atom. The number of anilines is 2. The molecule has 0 bridgehead atoms. The first-order valence-corrected chi connectivity index (χ1v) is 12.5. The molecule has 3 aromatic rings. The van der Waals surface area contributed by atoms with Crippen molar-refractivity contribution in [1.29, 1.82) is 0 Å². The van der Waals surface area contributed by atoms with Crippen LogP contribution in [0.25, 0.3) is 0 Å². The van der Waals surface area contributed by atoms with E-state index in [1.54, 1.807) is 7.11 Å². The van der Waals surface area contributed by atoms with E-state index in [0.29, 0.717) is 0 Å². The predicted octanol–water partition coefficient (Wildman–Crippen LogP) is 4.25. The standard InChI is InChI=1S/C29H32N2O4/c1-32-28-26(31-15-19-34-20-16-31)12-7-22-21-29(35-27(22)28,23-5-3-2-4-6-23)24-8-10-25(11-9-24)30-13-17-33-18-14-30/h2-12H,13-21H2,1H3. The first-order valence-electron chi connectivity index (χ1n) is 12.5. The Hall–Kier alpha value is -3.22. The first-order chi connectivity index (χ1) is 17.3. The van der Waals surface area contributed by atoms with Crippen LogP contribution in [0.5, 0.6) is 11.5 Å². The molecule has 0 amide bonds. The summed E-state index contributed by atoms with van der Waals surface area (Å²) in [4.78, 5) is 4.70. The molecule has 1 atom stereocenters. The molecule has 3 aliphatic heterocycles. The highest BCUT2D eigenvalue weighted by molar-refractivity contribution is 5.70. The second-order valence-electron chi connectivity index (χ2n) is 9.32. The summed E-state index contributed by atoms with van der Waals surface area (Å²) in [5.41, 5.74) is 5.14. The molecule has 6 nitrogen and oxygen atoms in total. The zero-order valence-corrected chi connectivity index (χ0v) is 20.2. The minimum absolute atomic E-state index is 0.607. The average Bonchev–Trinajstić information content (AvgIpc) is 3.35. The summed E-state index contributed by atoms with van der Waals surface area (Å²) in [7, 11) is 1.74. The summed E-state index contributed by atoms with van der Waals surface area (Å²) in [5, 5.41) is 0. The van der Waals surface area contributed by atoms with Gasteiger partial charge in [0.25, 0.3) is 0 Å². The minimum atomic E-state index is -0.607. The highest BCUT2D eigenvalue weighted by Gasteiger charge is 2.45. The van der Waals surface area contributed by atoms with Gasteiger partial charge in [-0.2, -0.15) is 0 Å². The van der Waals surface area contributed by atoms with Crippen molar-refractivity contribution in [3.63, 3.8) is 0 Å². The fourth-order valence-corrected chi connectivity index (χ4v) is 5.53. The molecule has 6 rings (SSSR count). The average molecular weight is 473 g/mol. The molecule has 35 heavy (non-hydrogen) atoms. The lowest BCUT2D eigenvalue weighted by atomic mass is 9.82. The number of rotatable bonds is 5. The van der Waals surface area contributed by atoms with Gasteiger partial charge >= 0.3 is 0 Å². The number of methoxy groups -OCH3 is 1. The van der Waals surface area contributed by atoms with Crippen molar-refractivity contribution in [3.05, 3.63) is 83.4 Å². The summed E-state index contributed by atoms with van der Waals surface area (Å²) in [6.07, 6.45) is 0.753. The largest absolute Gasteiger partial charge is 0.491 e. The molecule has 2 saturated heterocycles. The van der Waals surface area contributed by atoms with Crippen LogP contribution in [0.4, 0.5) is 11.4 Å². The summed E-state index contributed by atoms with van der Waals surface area (Å²) in [6, 6.07) is 23.8. The highest BCUT2D eigenvalue weighted by atomic mass is 16.5. The molecule has 0 aromatic heterocycles. The monoisotopic (exact) mass is 472 g/mol. The van der Waals surface area contributed by atoms with E-state index in [9.17, 15) is 0 Å². The normalized spacial score (nSPS) is 22.0. The van der Waals surface area contributed by atoms with Crippen LogP contribution in [0, 0.1) is 0 Å². The molecule has 182 valence electrons. The van der Waals surface area contributed by atoms with Crippen LogP contribution in [-0.4, -0.2) is 59.7 Å². The fourth-order valence-electron chi connectivity index (χ4n) is 5.53. The third kappa shape index (κ3) is 4.01. The maximum Gasteiger partial charge on any atom is 0.184 e. The quantitative estimate of drug-likeness (QED) is 0.553. The van der Waals surface area contributed by atoms with Gasteiger partial charge in [-0.05, 0) is 18.2 Å². The molecule has 0 spiro atoms. The van der Waals surface area contributed by atoms with Gasteiger partial charge < -0.3 is 28.7 Å². The van der Waals surface area contributed by atoms with Crippen LogP contribution >= 0.6 is 0 Å². The van der Waals surface area contributed by atoms with Crippen LogP contribution in [0.15, 0.2) is 66.7 Å². The Morgan fingerprint density at radius 2 is 1.34 bits per heavy atom. The maximum atomic E-state index is 6.99. The third-order valence-electron chi connectivity index (χ3n) is 7.39. The first kappa shape index (κ1) is 22.3. The lowest BCUT2D eigenvalue weighted by molar-refractivity contribution is 0.122. The molecule has 0 N–H and O–H groups in total. The van der Waals surface area contributed by atoms with Gasteiger partial charge in [-0.25, -0.2) is 0 Å². The number of benzene rings is 3. The van der Waals surface area contributed by atoms with Crippen LogP contribution < -0.4 is 19.3 Å². The fraction of sp³-hybridized carbons (Fsp3) is 0.379. The summed E-state index contributed by atoms with van der Waals surface area (Å²) < 4.78 is 24.1. The molecule has 1 unspecified atom stereocenters. The van der Waals surface area contributed by atoms with E-state index in [0.717, 1.165) is 87.3 Å². The van der Waals surface area contributed by atoms with Gasteiger partial charge in [0.2, 0.25) is 0 Å². The minimum Gasteiger partial charge on any atom is -0.491 e. The molecule has 0 saturated carbocycles. The van der Waals surface area contributed by atoms with Crippen molar-refractivity contribution < 1.29 is 18.9 Å². The third-order valence-corrected chi connectivity index (χ3v) is 7.39. The molecule has 6 heteroatoms. The van der Waals surface area contributed by atoms with Crippen molar-refractivity contribution >= 4 is 11.4 Å². The number of fused-ring (bicyclic) bond motifs is 1. The molecule has 3 aromatic carbocycles. The molecule has 0 aliphatic carbocycles. The second kappa shape index (κ2) is 9.44. The summed E-state index contributed by atoms with van der Waals surface area (Å²) in [5.74, 6) is 1.66. The van der Waals surface area contributed by atoms with Crippen molar-refractivity contribution in [2.75, 3.05) is 69.5 Å². The zero-order chi connectivity index (χ0) is 23.7. The zero-order valence-electron chi connectivity index (χ0n) is 20.2. The smallest absolute Gasteiger partial charge is 0.184 e. The van der Waals surface area contributed by atoms with Crippen LogP contribution in [-0.2, 0) is 21.5 Å². The van der Waals surface area contributed by atoms with E-state index in [4.69, 9.17) is 18.9 Å². The van der Waals surface area contributed by atoms with Gasteiger partial charge in [0.1, 0.15) is 0 Å². The van der Waals surface area contributed by atoms with E-state index < -0.39 is 5.60 Å². The van der Waals surface area contributed by atoms with Gasteiger partial charge in [0.15, 0.2) is 17.1 Å². The number of hydrogen-bond acceptors (Lipinski definition) is 6. The Kier molecular flexibility index (Phi) is 6.00.